The second-order valence-electron chi connectivity index (χ2n) is 2.34. The van der Waals surface area contributed by atoms with Crippen LogP contribution in [0.2, 0.25) is 0 Å². The molecular formula is C10H22O3. The molecule has 0 saturated carbocycles. The van der Waals surface area contributed by atoms with Crippen molar-refractivity contribution in [2.75, 3.05) is 0 Å². The Bertz CT molecular complexity index is 84.2. The van der Waals surface area contributed by atoms with Crippen molar-refractivity contribution in [3.8, 4) is 0 Å². The van der Waals surface area contributed by atoms with Crippen LogP contribution in [0.4, 0.5) is 4.79 Å². The van der Waals surface area contributed by atoms with E-state index in [0.29, 0.717) is 0 Å². The van der Waals surface area contributed by atoms with Gasteiger partial charge in [-0.05, 0) is 0 Å². The van der Waals surface area contributed by atoms with Crippen molar-refractivity contribution >= 4 is 6.16 Å². The first-order valence-electron chi connectivity index (χ1n) is 4.57. The van der Waals surface area contributed by atoms with Gasteiger partial charge in [0, 0.05) is 0 Å². The SMILES string of the molecule is C=C.CCCCCCC.O=C(O)O. The second kappa shape index (κ2) is 22.5. The quantitative estimate of drug-likeness (QED) is 0.520. The topological polar surface area (TPSA) is 57.5 Å². The molecule has 2 N–H and O–H groups in total. The minimum atomic E-state index is -1.83. The highest BCUT2D eigenvalue weighted by Crippen LogP contribution is 2.00. The Hall–Kier alpha value is -0.990. The molecule has 0 saturated heterocycles. The monoisotopic (exact) mass is 190 g/mol. The molecule has 3 heteroatoms. The molecule has 0 aromatic heterocycles. The number of rotatable bonds is 4. The van der Waals surface area contributed by atoms with Crippen LogP contribution in [0.5, 0.6) is 0 Å². The van der Waals surface area contributed by atoms with Crippen LogP contribution < -0.4 is 0 Å². The molecular weight excluding hydrogens is 168 g/mol. The molecule has 0 fully saturated rings. The van der Waals surface area contributed by atoms with Gasteiger partial charge in [0.2, 0.25) is 0 Å². The Balaban J connectivity index is -0.000000142. The lowest BCUT2D eigenvalue weighted by Gasteiger charge is -1.90. The molecule has 0 radical (unpaired) electrons. The van der Waals surface area contributed by atoms with Crippen molar-refractivity contribution in [2.24, 2.45) is 0 Å². The zero-order valence-electron chi connectivity index (χ0n) is 8.75. The van der Waals surface area contributed by atoms with E-state index in [4.69, 9.17) is 15.0 Å². The van der Waals surface area contributed by atoms with Gasteiger partial charge in [-0.2, -0.15) is 0 Å². The van der Waals surface area contributed by atoms with E-state index >= 15 is 0 Å². The van der Waals surface area contributed by atoms with Crippen LogP contribution in [0.1, 0.15) is 46.0 Å². The van der Waals surface area contributed by atoms with Gasteiger partial charge >= 0.3 is 6.16 Å². The smallest absolute Gasteiger partial charge is 0.450 e. The lowest BCUT2D eigenvalue weighted by molar-refractivity contribution is 0.137. The van der Waals surface area contributed by atoms with Crippen molar-refractivity contribution in [1.29, 1.82) is 0 Å². The molecule has 0 rings (SSSR count). The molecule has 3 nitrogen and oxygen atoms in total. The van der Waals surface area contributed by atoms with E-state index in [1.54, 1.807) is 0 Å². The van der Waals surface area contributed by atoms with E-state index in [1.165, 1.54) is 32.1 Å². The summed E-state index contributed by atoms with van der Waals surface area (Å²) in [5.74, 6) is 0. The molecule has 13 heavy (non-hydrogen) atoms. The number of unbranched alkanes of at least 4 members (excludes halogenated alkanes) is 4. The molecule has 0 aliphatic carbocycles. The summed E-state index contributed by atoms with van der Waals surface area (Å²) in [6.07, 6.45) is 5.18. The fourth-order valence-electron chi connectivity index (χ4n) is 0.677. The summed E-state index contributed by atoms with van der Waals surface area (Å²) in [5, 5.41) is 13.9. The maximum Gasteiger partial charge on any atom is 0.503 e. The van der Waals surface area contributed by atoms with Crippen LogP contribution in [0.15, 0.2) is 13.2 Å². The van der Waals surface area contributed by atoms with Gasteiger partial charge in [-0.25, -0.2) is 4.79 Å². The van der Waals surface area contributed by atoms with Crippen LogP contribution in [-0.4, -0.2) is 16.4 Å². The zero-order valence-corrected chi connectivity index (χ0v) is 8.75. The Labute approximate surface area is 81.1 Å². The molecule has 0 amide bonds. The molecule has 0 unspecified atom stereocenters. The third-order valence-electron chi connectivity index (χ3n) is 1.21. The van der Waals surface area contributed by atoms with Gasteiger partial charge in [0.15, 0.2) is 0 Å². The summed E-state index contributed by atoms with van der Waals surface area (Å²) in [4.78, 5) is 8.56. The highest BCUT2D eigenvalue weighted by molar-refractivity contribution is 5.53. The van der Waals surface area contributed by atoms with E-state index in [2.05, 4.69) is 27.0 Å². The van der Waals surface area contributed by atoms with Crippen LogP contribution in [0.25, 0.3) is 0 Å². The fraction of sp³-hybridized carbons (Fsp3) is 0.700. The standard InChI is InChI=1S/C7H16.C2H4.CH2O3/c1-3-5-7-6-4-2;1-2;2-1(3)4/h3-7H2,1-2H3;1-2H2;(H2,2,3,4). The van der Waals surface area contributed by atoms with Gasteiger partial charge in [0.1, 0.15) is 0 Å². The van der Waals surface area contributed by atoms with Gasteiger partial charge in [-0.1, -0.05) is 46.0 Å². The van der Waals surface area contributed by atoms with Crippen LogP contribution >= 0.6 is 0 Å². The van der Waals surface area contributed by atoms with Gasteiger partial charge in [-0.15, -0.1) is 13.2 Å². The van der Waals surface area contributed by atoms with Gasteiger partial charge in [-0.3, -0.25) is 0 Å². The molecule has 0 aromatic carbocycles. The molecule has 0 bridgehead atoms. The van der Waals surface area contributed by atoms with Crippen LogP contribution in [-0.2, 0) is 0 Å². The van der Waals surface area contributed by atoms with E-state index in [9.17, 15) is 0 Å². The highest BCUT2D eigenvalue weighted by Gasteiger charge is 1.80. The predicted octanol–water partition coefficient (Wildman–Crippen LogP) is 4.00. The lowest BCUT2D eigenvalue weighted by Crippen LogP contribution is -1.81. The second-order valence-corrected chi connectivity index (χ2v) is 2.34. The summed E-state index contributed by atoms with van der Waals surface area (Å²) >= 11 is 0. The van der Waals surface area contributed by atoms with Crippen molar-refractivity contribution < 1.29 is 15.0 Å². The largest absolute Gasteiger partial charge is 0.503 e. The minimum absolute atomic E-state index is 1.36. The van der Waals surface area contributed by atoms with E-state index in [1.807, 2.05) is 0 Å². The maximum absolute atomic E-state index is 8.56. The van der Waals surface area contributed by atoms with Gasteiger partial charge in [0.05, 0.1) is 0 Å². The third kappa shape index (κ3) is 98.7. The normalized spacial score (nSPS) is 7.23. The maximum atomic E-state index is 8.56. The van der Waals surface area contributed by atoms with E-state index < -0.39 is 6.16 Å². The van der Waals surface area contributed by atoms with Crippen molar-refractivity contribution in [2.45, 2.75) is 46.0 Å². The van der Waals surface area contributed by atoms with Crippen molar-refractivity contribution in [1.82, 2.24) is 0 Å². The molecule has 80 valence electrons. The summed E-state index contributed by atoms with van der Waals surface area (Å²) in [7, 11) is 0. The highest BCUT2D eigenvalue weighted by atomic mass is 16.6. The average Bonchev–Trinajstić information content (AvgIpc) is 2.08. The van der Waals surface area contributed by atoms with E-state index in [0.717, 1.165) is 0 Å². The summed E-state index contributed by atoms with van der Waals surface area (Å²) in [5.41, 5.74) is 0. The Morgan fingerprint density at radius 1 is 1.00 bits per heavy atom. The molecule has 0 aromatic rings. The lowest BCUT2D eigenvalue weighted by atomic mass is 10.2. The minimum Gasteiger partial charge on any atom is -0.450 e. The first-order valence-corrected chi connectivity index (χ1v) is 4.57. The Kier molecular flexibility index (Phi) is 31.0. The molecule has 0 atom stereocenters. The number of carboxylic acid groups (broad SMARTS) is 2. The van der Waals surface area contributed by atoms with Gasteiger partial charge in [0.25, 0.3) is 0 Å². The number of carbonyl (C=O) groups is 1. The van der Waals surface area contributed by atoms with Crippen molar-refractivity contribution in [3.63, 3.8) is 0 Å². The average molecular weight is 190 g/mol. The Morgan fingerprint density at radius 3 is 1.38 bits per heavy atom. The summed E-state index contributed by atoms with van der Waals surface area (Å²) in [6, 6.07) is 0. The van der Waals surface area contributed by atoms with E-state index in [-0.39, 0.29) is 0 Å². The van der Waals surface area contributed by atoms with Gasteiger partial charge < -0.3 is 10.2 Å². The number of hydrogen-bond donors (Lipinski definition) is 2. The number of hydrogen-bond acceptors (Lipinski definition) is 1. The zero-order chi connectivity index (χ0) is 11.1. The molecule has 0 aliphatic heterocycles. The molecule has 0 spiro atoms. The first-order chi connectivity index (χ1) is 6.15. The van der Waals surface area contributed by atoms with Crippen molar-refractivity contribution in [3.05, 3.63) is 13.2 Å². The van der Waals surface area contributed by atoms with Crippen LogP contribution in [0.3, 0.4) is 0 Å². The summed E-state index contributed by atoms with van der Waals surface area (Å²) < 4.78 is 0. The first kappa shape index (κ1) is 17.9. The molecule has 0 aliphatic rings. The predicted molar refractivity (Wildman–Crippen MR) is 56.3 cm³/mol. The van der Waals surface area contributed by atoms with Crippen LogP contribution in [0, 0.1) is 0 Å². The third-order valence-corrected chi connectivity index (χ3v) is 1.21. The Morgan fingerprint density at radius 2 is 1.23 bits per heavy atom. The fourth-order valence-corrected chi connectivity index (χ4v) is 0.677. The summed E-state index contributed by atoms with van der Waals surface area (Å²) in [6.45, 7) is 10.5. The molecule has 0 heterocycles.